The van der Waals surface area contributed by atoms with Crippen molar-refractivity contribution in [2.24, 2.45) is 7.05 Å². The number of fused-ring (bicyclic) bond motifs is 2. The summed E-state index contributed by atoms with van der Waals surface area (Å²) < 4.78 is 14.2. The van der Waals surface area contributed by atoms with Crippen LogP contribution in [-0.2, 0) is 7.05 Å². The van der Waals surface area contributed by atoms with E-state index >= 15 is 0 Å². The largest absolute Gasteiger partial charge is 0.494 e. The average Bonchev–Trinajstić information content (AvgIpc) is 3.37. The third kappa shape index (κ3) is 2.57. The zero-order valence-electron chi connectivity index (χ0n) is 16.2. The van der Waals surface area contributed by atoms with Crippen molar-refractivity contribution in [2.75, 3.05) is 7.11 Å². The number of hydrogen-bond donors (Lipinski definition) is 0. The molecule has 8 heteroatoms. The summed E-state index contributed by atoms with van der Waals surface area (Å²) in [4.78, 5) is 20.6. The maximum absolute atomic E-state index is 11.9. The first-order valence-electron chi connectivity index (χ1n) is 9.10. The second-order valence-corrected chi connectivity index (χ2v) is 6.79. The van der Waals surface area contributed by atoms with E-state index in [-0.39, 0.29) is 0 Å². The highest BCUT2D eigenvalue weighted by molar-refractivity contribution is 5.88. The van der Waals surface area contributed by atoms with Gasteiger partial charge in [0, 0.05) is 24.4 Å². The fourth-order valence-corrected chi connectivity index (χ4v) is 3.60. The van der Waals surface area contributed by atoms with Crippen molar-refractivity contribution in [2.45, 2.75) is 0 Å². The Balaban J connectivity index is 1.85. The smallest absolute Gasteiger partial charge is 0.420 e. The van der Waals surface area contributed by atoms with Crippen LogP contribution in [-0.4, -0.2) is 26.0 Å². The Morgan fingerprint density at radius 2 is 1.93 bits per heavy atom. The van der Waals surface area contributed by atoms with Crippen LogP contribution in [0.3, 0.4) is 0 Å². The van der Waals surface area contributed by atoms with Gasteiger partial charge in [-0.3, -0.25) is 8.97 Å². The standard InChI is InChI=1S/C22H15N5O3/c1-26-21-19(30-22(26)28)7-15(10-25-21)20-16(14-5-3-13(9-23)4-6-14)8-18(29-2)17-11-24-12-27(17)20/h3-8,10-12H,1-2H3. The maximum atomic E-state index is 11.9. The molecule has 5 aromatic rings. The van der Waals surface area contributed by atoms with Crippen LogP contribution in [0.15, 0.2) is 64.3 Å². The molecule has 0 aliphatic carbocycles. The molecule has 0 spiro atoms. The summed E-state index contributed by atoms with van der Waals surface area (Å²) in [6.07, 6.45) is 5.12. The number of aryl methyl sites for hydroxylation is 1. The molecule has 1 aromatic carbocycles. The van der Waals surface area contributed by atoms with Gasteiger partial charge in [-0.1, -0.05) is 12.1 Å². The van der Waals surface area contributed by atoms with E-state index in [4.69, 9.17) is 14.4 Å². The first-order chi connectivity index (χ1) is 14.6. The quantitative estimate of drug-likeness (QED) is 0.463. The summed E-state index contributed by atoms with van der Waals surface area (Å²) in [6.45, 7) is 0. The van der Waals surface area contributed by atoms with E-state index in [1.165, 1.54) is 4.57 Å². The molecule has 4 heterocycles. The summed E-state index contributed by atoms with van der Waals surface area (Å²) in [5, 5.41) is 9.12. The van der Waals surface area contributed by atoms with Gasteiger partial charge in [0.2, 0.25) is 0 Å². The SMILES string of the molecule is COc1cc(-c2ccc(C#N)cc2)c(-c2cnc3c(c2)oc(=O)n3C)n2cncc12. The van der Waals surface area contributed by atoms with E-state index in [9.17, 15) is 4.79 Å². The predicted molar refractivity (Wildman–Crippen MR) is 110 cm³/mol. The number of methoxy groups -OCH3 is 1. The summed E-state index contributed by atoms with van der Waals surface area (Å²) in [6, 6.07) is 13.1. The highest BCUT2D eigenvalue weighted by atomic mass is 16.5. The van der Waals surface area contributed by atoms with Crippen LogP contribution < -0.4 is 10.5 Å². The number of pyridine rings is 2. The Morgan fingerprint density at radius 3 is 2.67 bits per heavy atom. The highest BCUT2D eigenvalue weighted by Gasteiger charge is 2.18. The number of benzene rings is 1. The van der Waals surface area contributed by atoms with Gasteiger partial charge >= 0.3 is 5.76 Å². The second kappa shape index (κ2) is 6.60. The Morgan fingerprint density at radius 1 is 1.13 bits per heavy atom. The molecule has 30 heavy (non-hydrogen) atoms. The number of rotatable bonds is 3. The molecule has 0 aliphatic heterocycles. The van der Waals surface area contributed by atoms with Crippen molar-refractivity contribution in [1.82, 2.24) is 18.9 Å². The molecule has 0 bridgehead atoms. The maximum Gasteiger partial charge on any atom is 0.420 e. The van der Waals surface area contributed by atoms with Crippen molar-refractivity contribution in [1.29, 1.82) is 5.26 Å². The first-order valence-corrected chi connectivity index (χ1v) is 9.10. The minimum atomic E-state index is -0.468. The van der Waals surface area contributed by atoms with Crippen LogP contribution in [0, 0.1) is 11.3 Å². The van der Waals surface area contributed by atoms with Crippen LogP contribution in [0.5, 0.6) is 5.75 Å². The van der Waals surface area contributed by atoms with Gasteiger partial charge in [-0.2, -0.15) is 5.26 Å². The molecule has 0 amide bonds. The Hall–Kier alpha value is -4.38. The number of nitriles is 1. The van der Waals surface area contributed by atoms with Gasteiger partial charge in [0.05, 0.1) is 37.0 Å². The molecule has 0 unspecified atom stereocenters. The van der Waals surface area contributed by atoms with E-state index in [0.29, 0.717) is 22.5 Å². The van der Waals surface area contributed by atoms with Crippen molar-refractivity contribution < 1.29 is 9.15 Å². The van der Waals surface area contributed by atoms with E-state index in [2.05, 4.69) is 16.0 Å². The normalized spacial score (nSPS) is 11.1. The van der Waals surface area contributed by atoms with Gasteiger partial charge in [0.15, 0.2) is 11.2 Å². The lowest BCUT2D eigenvalue weighted by atomic mass is 9.98. The lowest BCUT2D eigenvalue weighted by molar-refractivity contribution is 0.418. The lowest BCUT2D eigenvalue weighted by Crippen LogP contribution is -2.08. The highest BCUT2D eigenvalue weighted by Crippen LogP contribution is 2.38. The van der Waals surface area contributed by atoms with E-state index in [1.54, 1.807) is 51.1 Å². The third-order valence-corrected chi connectivity index (χ3v) is 5.10. The molecular weight excluding hydrogens is 382 g/mol. The fraction of sp³-hybridized carbons (Fsp3) is 0.0909. The Labute approximate surface area is 170 Å². The number of hydrogen-bond acceptors (Lipinski definition) is 6. The molecule has 4 aromatic heterocycles. The van der Waals surface area contributed by atoms with Crippen LogP contribution in [0.1, 0.15) is 5.56 Å². The average molecular weight is 397 g/mol. The van der Waals surface area contributed by atoms with E-state index < -0.39 is 5.76 Å². The van der Waals surface area contributed by atoms with Crippen molar-refractivity contribution in [3.05, 3.63) is 71.2 Å². The topological polar surface area (TPSA) is 98.4 Å². The number of nitrogens with zero attached hydrogens (tertiary/aromatic N) is 5. The van der Waals surface area contributed by atoms with Crippen LogP contribution in [0.25, 0.3) is 39.1 Å². The van der Waals surface area contributed by atoms with Crippen molar-refractivity contribution in [3.63, 3.8) is 0 Å². The predicted octanol–water partition coefficient (Wildman–Crippen LogP) is 3.39. The van der Waals surface area contributed by atoms with Crippen molar-refractivity contribution in [3.8, 4) is 34.2 Å². The molecule has 8 nitrogen and oxygen atoms in total. The van der Waals surface area contributed by atoms with Gasteiger partial charge in [0.25, 0.3) is 0 Å². The van der Waals surface area contributed by atoms with Gasteiger partial charge in [-0.05, 0) is 29.8 Å². The van der Waals surface area contributed by atoms with Gasteiger partial charge in [0.1, 0.15) is 11.3 Å². The Kier molecular flexibility index (Phi) is 3.89. The zero-order chi connectivity index (χ0) is 20.8. The van der Waals surface area contributed by atoms with Crippen LogP contribution in [0.4, 0.5) is 0 Å². The number of oxazole rings is 1. The molecule has 0 N–H and O–H groups in total. The lowest BCUT2D eigenvalue weighted by Gasteiger charge is -2.15. The zero-order valence-corrected chi connectivity index (χ0v) is 16.2. The molecule has 0 radical (unpaired) electrons. The number of aromatic nitrogens is 4. The second-order valence-electron chi connectivity index (χ2n) is 6.79. The van der Waals surface area contributed by atoms with E-state index in [1.807, 2.05) is 22.6 Å². The summed E-state index contributed by atoms with van der Waals surface area (Å²) in [5.74, 6) is 0.195. The summed E-state index contributed by atoms with van der Waals surface area (Å²) in [7, 11) is 3.22. The van der Waals surface area contributed by atoms with Crippen LogP contribution >= 0.6 is 0 Å². The van der Waals surface area contributed by atoms with Gasteiger partial charge in [-0.15, -0.1) is 0 Å². The minimum Gasteiger partial charge on any atom is -0.494 e. The van der Waals surface area contributed by atoms with E-state index in [0.717, 1.165) is 27.9 Å². The van der Waals surface area contributed by atoms with Gasteiger partial charge in [-0.25, -0.2) is 14.8 Å². The molecule has 0 fully saturated rings. The molecule has 0 saturated heterocycles. The summed E-state index contributed by atoms with van der Waals surface area (Å²) in [5.41, 5.74) is 5.56. The first kappa shape index (κ1) is 17.7. The number of imidazole rings is 1. The fourth-order valence-electron chi connectivity index (χ4n) is 3.60. The third-order valence-electron chi connectivity index (χ3n) is 5.10. The monoisotopic (exact) mass is 397 g/mol. The number of ether oxygens (including phenoxy) is 1. The molecule has 0 aliphatic rings. The minimum absolute atomic E-state index is 0.398. The molecule has 0 saturated carbocycles. The molecule has 0 atom stereocenters. The Bertz CT molecular complexity index is 1520. The van der Waals surface area contributed by atoms with Crippen molar-refractivity contribution >= 4 is 16.7 Å². The van der Waals surface area contributed by atoms with Crippen LogP contribution in [0.2, 0.25) is 0 Å². The molecular formula is C22H15N5O3. The molecule has 146 valence electrons. The summed E-state index contributed by atoms with van der Waals surface area (Å²) >= 11 is 0. The van der Waals surface area contributed by atoms with Gasteiger partial charge < -0.3 is 9.15 Å². The molecule has 5 rings (SSSR count).